The van der Waals surface area contributed by atoms with Gasteiger partial charge in [-0.2, -0.15) is 0 Å². The van der Waals surface area contributed by atoms with Crippen LogP contribution in [0.1, 0.15) is 114 Å². The molecule has 0 unspecified atom stereocenters. The van der Waals surface area contributed by atoms with Crippen LogP contribution in [0, 0.1) is 17.8 Å². The van der Waals surface area contributed by atoms with E-state index in [9.17, 15) is 39.0 Å². The van der Waals surface area contributed by atoms with E-state index in [2.05, 4.69) is 24.1 Å². The lowest BCUT2D eigenvalue weighted by atomic mass is 9.82. The molecule has 0 fully saturated rings. The summed E-state index contributed by atoms with van der Waals surface area (Å²) in [6, 6.07) is 5.20. The van der Waals surface area contributed by atoms with E-state index in [1.165, 1.54) is 12.5 Å². The number of cyclic esters (lactones) is 2. The summed E-state index contributed by atoms with van der Waals surface area (Å²) in [6.07, 6.45) is 11.4. The molecule has 1 amide bonds. The fourth-order valence-corrected chi connectivity index (χ4v) is 5.88. The highest BCUT2D eigenvalue weighted by Crippen LogP contribution is 2.28. The van der Waals surface area contributed by atoms with Gasteiger partial charge in [0.1, 0.15) is 24.2 Å². The predicted molar refractivity (Wildman–Crippen MR) is 194 cm³/mol. The Morgan fingerprint density at radius 2 is 1.56 bits per heavy atom. The lowest BCUT2D eigenvalue weighted by molar-refractivity contribution is -0.179. The number of carbonyl (C=O) groups is 5. The predicted octanol–water partition coefficient (Wildman–Crippen LogP) is 5.11. The Balaban J connectivity index is 1.79. The summed E-state index contributed by atoms with van der Waals surface area (Å²) in [4.78, 5) is 76.9. The summed E-state index contributed by atoms with van der Waals surface area (Å²) in [5.74, 6) is -2.45. The van der Waals surface area contributed by atoms with Gasteiger partial charge in [-0.1, -0.05) is 75.7 Å². The SMILES string of the molecule is CC#CCOc1ccc(C[C@@H]2NC(=O)[C@@H](C=CCCCCCCC(=O)CCCCCCC)[C@@](O)(CC(=O)O)C(=O)OCc3oc(=O)oc3COC2=O)cc1. The normalized spacial score (nSPS) is 19.2. The zero-order valence-electron chi connectivity index (χ0n) is 31.0. The third-order valence-electron chi connectivity index (χ3n) is 8.89. The fourth-order valence-electron chi connectivity index (χ4n) is 5.88. The minimum absolute atomic E-state index is 0.124. The van der Waals surface area contributed by atoms with Crippen molar-refractivity contribution in [3.05, 3.63) is 64.1 Å². The second kappa shape index (κ2) is 22.8. The number of nitrogens with one attached hydrogen (secondary N) is 1. The molecular weight excluding hydrogens is 702 g/mol. The first-order valence-electron chi connectivity index (χ1n) is 18.5. The summed E-state index contributed by atoms with van der Waals surface area (Å²) in [5, 5.41) is 23.9. The van der Waals surface area contributed by atoms with Crippen LogP contribution in [-0.4, -0.2) is 58.1 Å². The molecule has 0 spiro atoms. The molecule has 0 saturated heterocycles. The topological polar surface area (TPSA) is 209 Å². The third kappa shape index (κ3) is 14.3. The summed E-state index contributed by atoms with van der Waals surface area (Å²) < 4.78 is 25.9. The van der Waals surface area contributed by atoms with E-state index in [1.807, 2.05) is 0 Å². The average Bonchev–Trinajstić information content (AvgIpc) is 3.50. The number of carbonyl (C=O) groups excluding carboxylic acids is 4. The number of esters is 2. The maximum Gasteiger partial charge on any atom is 0.519 e. The Labute approximate surface area is 314 Å². The van der Waals surface area contributed by atoms with Gasteiger partial charge in [-0.15, -0.1) is 5.92 Å². The number of fused-ring (bicyclic) bond motifs is 1. The number of benzene rings is 1. The molecule has 14 nitrogen and oxygen atoms in total. The van der Waals surface area contributed by atoms with E-state index < -0.39 is 66.8 Å². The van der Waals surface area contributed by atoms with Gasteiger partial charge in [-0.3, -0.25) is 14.4 Å². The van der Waals surface area contributed by atoms with Crippen molar-refractivity contribution >= 4 is 29.6 Å². The molecule has 2 aromatic rings. The molecule has 54 heavy (non-hydrogen) atoms. The smallest absolute Gasteiger partial charge is 0.481 e. The molecule has 1 aromatic carbocycles. The summed E-state index contributed by atoms with van der Waals surface area (Å²) >= 11 is 0. The number of ketones is 1. The molecule has 3 atom stereocenters. The van der Waals surface area contributed by atoms with Crippen molar-refractivity contribution in [3.63, 3.8) is 0 Å². The van der Waals surface area contributed by atoms with E-state index in [0.717, 1.165) is 44.9 Å². The highest BCUT2D eigenvalue weighted by molar-refractivity contribution is 5.95. The maximum atomic E-state index is 13.9. The highest BCUT2D eigenvalue weighted by atomic mass is 16.6. The lowest BCUT2D eigenvalue weighted by Crippen LogP contribution is -2.56. The first-order chi connectivity index (χ1) is 26.0. The molecule has 1 aliphatic rings. The molecular formula is C40H51NO13. The molecule has 3 N–H and O–H groups in total. The summed E-state index contributed by atoms with van der Waals surface area (Å²) in [6.45, 7) is 2.59. The van der Waals surface area contributed by atoms with Gasteiger partial charge in [0.25, 0.3) is 0 Å². The van der Waals surface area contributed by atoms with Crippen molar-refractivity contribution < 1.29 is 57.2 Å². The molecule has 3 rings (SSSR count). The molecule has 1 aromatic heterocycles. The largest absolute Gasteiger partial charge is 0.519 e. The van der Waals surface area contributed by atoms with Crippen LogP contribution in [0.25, 0.3) is 0 Å². The van der Waals surface area contributed by atoms with Crippen molar-refractivity contribution in [2.24, 2.45) is 5.92 Å². The Kier molecular flexibility index (Phi) is 18.3. The number of amides is 1. The van der Waals surface area contributed by atoms with E-state index in [0.29, 0.717) is 37.0 Å². The van der Waals surface area contributed by atoms with Crippen LogP contribution < -0.4 is 15.9 Å². The number of carboxylic acid groups (broad SMARTS) is 1. The number of aliphatic hydroxyl groups is 1. The van der Waals surface area contributed by atoms with Crippen molar-refractivity contribution in [1.29, 1.82) is 0 Å². The number of rotatable bonds is 20. The number of ether oxygens (including phenoxy) is 3. The third-order valence-corrected chi connectivity index (χ3v) is 8.89. The van der Waals surface area contributed by atoms with Crippen molar-refractivity contribution in [1.82, 2.24) is 5.32 Å². The number of aliphatic carboxylic acids is 1. The number of hydrogen-bond acceptors (Lipinski definition) is 12. The monoisotopic (exact) mass is 753 g/mol. The minimum Gasteiger partial charge on any atom is -0.481 e. The first kappa shape index (κ1) is 43.2. The minimum atomic E-state index is -2.95. The molecule has 294 valence electrons. The van der Waals surface area contributed by atoms with Crippen LogP contribution in [0.15, 0.2) is 50.0 Å². The van der Waals surface area contributed by atoms with Crippen molar-refractivity contribution in [2.45, 2.75) is 129 Å². The Hall–Kier alpha value is -5.16. The van der Waals surface area contributed by atoms with E-state index in [-0.39, 0.29) is 30.3 Å². The summed E-state index contributed by atoms with van der Waals surface area (Å²) in [5.41, 5.74) is -2.39. The van der Waals surface area contributed by atoms with Gasteiger partial charge in [-0.05, 0) is 50.3 Å². The van der Waals surface area contributed by atoms with Crippen molar-refractivity contribution in [2.75, 3.05) is 6.61 Å². The number of carboxylic acids is 1. The molecule has 0 radical (unpaired) electrons. The van der Waals surface area contributed by atoms with Crippen LogP contribution in [0.5, 0.6) is 5.75 Å². The molecule has 2 heterocycles. The van der Waals surface area contributed by atoms with Gasteiger partial charge in [0.05, 0.1) is 12.3 Å². The second-order valence-electron chi connectivity index (χ2n) is 13.2. The van der Waals surface area contributed by atoms with Gasteiger partial charge < -0.3 is 38.6 Å². The number of hydrogen-bond donors (Lipinski definition) is 3. The Morgan fingerprint density at radius 3 is 2.19 bits per heavy atom. The molecule has 0 bridgehead atoms. The summed E-state index contributed by atoms with van der Waals surface area (Å²) in [7, 11) is 0. The van der Waals surface area contributed by atoms with E-state index in [1.54, 1.807) is 37.3 Å². The number of allylic oxidation sites excluding steroid dienone is 1. The fraction of sp³-hybridized carbons (Fsp3) is 0.550. The van der Waals surface area contributed by atoms with Gasteiger partial charge >= 0.3 is 23.7 Å². The standard InChI is InChI=1S/C40H51NO13/c1-3-5-7-10-13-16-29(42)17-14-11-8-9-12-15-18-31-36(45)41-32(24-28-19-21-30(22-20-28)50-23-6-4-2)37(46)51-26-33-34(54-39(48)53-33)27-52-38(47)40(31,49)25-35(43)44/h15,18-22,31-32,49H,3,5,7-14,16-17,23-27H2,1-2H3,(H,41,45)(H,43,44)/t31-,32+,40+/m1/s1. The average molecular weight is 754 g/mol. The van der Waals surface area contributed by atoms with Crippen LogP contribution in [0.4, 0.5) is 0 Å². The van der Waals surface area contributed by atoms with Gasteiger partial charge in [-0.25, -0.2) is 14.4 Å². The van der Waals surface area contributed by atoms with Gasteiger partial charge in [0.15, 0.2) is 30.3 Å². The zero-order valence-corrected chi connectivity index (χ0v) is 31.0. The van der Waals surface area contributed by atoms with Crippen molar-refractivity contribution in [3.8, 4) is 17.6 Å². The van der Waals surface area contributed by atoms with Crippen LogP contribution in [0.3, 0.4) is 0 Å². The maximum absolute atomic E-state index is 13.9. The number of unbranched alkanes of at least 4 members (excludes halogenated alkanes) is 8. The first-order valence-corrected chi connectivity index (χ1v) is 18.5. The quantitative estimate of drug-likeness (QED) is 0.0696. The molecule has 1 aliphatic heterocycles. The lowest BCUT2D eigenvalue weighted by Gasteiger charge is -2.31. The Morgan fingerprint density at radius 1 is 0.926 bits per heavy atom. The van der Waals surface area contributed by atoms with E-state index >= 15 is 0 Å². The Bertz CT molecular complexity index is 1690. The molecule has 0 saturated carbocycles. The van der Waals surface area contributed by atoms with Crippen LogP contribution in [-0.2, 0) is 53.1 Å². The molecule has 14 heteroatoms. The zero-order chi connectivity index (χ0) is 39.3. The van der Waals surface area contributed by atoms with Crippen LogP contribution in [0.2, 0.25) is 0 Å². The van der Waals surface area contributed by atoms with E-state index in [4.69, 9.17) is 23.0 Å². The van der Waals surface area contributed by atoms with Gasteiger partial charge in [0, 0.05) is 19.3 Å². The number of Topliss-reactive ketones (excluding diaryl/α,β-unsaturated/α-hetero) is 1. The molecule has 0 aliphatic carbocycles. The van der Waals surface area contributed by atoms with Gasteiger partial charge in [0.2, 0.25) is 5.91 Å². The highest BCUT2D eigenvalue weighted by Gasteiger charge is 2.50. The van der Waals surface area contributed by atoms with Crippen LogP contribution >= 0.6 is 0 Å². The second-order valence-corrected chi connectivity index (χ2v) is 13.2.